The van der Waals surface area contributed by atoms with E-state index in [-0.39, 0.29) is 6.61 Å². The molecule has 0 spiro atoms. The Morgan fingerprint density at radius 2 is 1.36 bits per heavy atom. The summed E-state index contributed by atoms with van der Waals surface area (Å²) in [7, 11) is 0. The van der Waals surface area contributed by atoms with Crippen molar-refractivity contribution in [2.45, 2.75) is 95.7 Å². The van der Waals surface area contributed by atoms with Gasteiger partial charge in [-0.15, -0.1) is 0 Å². The molecule has 1 aliphatic heterocycles. The first-order valence-corrected chi connectivity index (χ1v) is 8.94. The van der Waals surface area contributed by atoms with Crippen LogP contribution in [0.2, 0.25) is 0 Å². The highest BCUT2D eigenvalue weighted by Crippen LogP contribution is 2.22. The molecule has 1 fully saturated rings. The summed E-state index contributed by atoms with van der Waals surface area (Å²) in [5, 5.41) is 28.3. The third-order valence-electron chi connectivity index (χ3n) is 4.28. The third-order valence-corrected chi connectivity index (χ3v) is 4.28. The van der Waals surface area contributed by atoms with E-state index >= 15 is 0 Å². The van der Waals surface area contributed by atoms with Crippen LogP contribution in [0.1, 0.15) is 71.1 Å². The maximum Gasteiger partial charge on any atom is 0.186 e. The van der Waals surface area contributed by atoms with Crippen LogP contribution < -0.4 is 0 Å². The van der Waals surface area contributed by atoms with Crippen LogP contribution >= 0.6 is 0 Å². The zero-order valence-corrected chi connectivity index (χ0v) is 14.0. The van der Waals surface area contributed by atoms with Gasteiger partial charge in [-0.1, -0.05) is 64.7 Å². The summed E-state index contributed by atoms with van der Waals surface area (Å²) in [5.41, 5.74) is 0. The largest absolute Gasteiger partial charge is 0.394 e. The number of aliphatic hydroxyl groups excluding tert-OH is 3. The third kappa shape index (κ3) is 7.38. The fraction of sp³-hybridized carbons (Fsp3) is 1.00. The molecule has 1 unspecified atom stereocenters. The molecule has 5 heteroatoms. The van der Waals surface area contributed by atoms with Crippen LogP contribution in [0.25, 0.3) is 0 Å². The van der Waals surface area contributed by atoms with Gasteiger partial charge < -0.3 is 24.8 Å². The lowest BCUT2D eigenvalue weighted by Crippen LogP contribution is -2.34. The van der Waals surface area contributed by atoms with E-state index in [4.69, 9.17) is 14.6 Å². The Morgan fingerprint density at radius 3 is 1.86 bits per heavy atom. The summed E-state index contributed by atoms with van der Waals surface area (Å²) in [6, 6.07) is 0. The molecule has 1 rings (SSSR count). The molecule has 1 aliphatic rings. The number of ether oxygens (including phenoxy) is 2. The van der Waals surface area contributed by atoms with Crippen LogP contribution in [0.5, 0.6) is 0 Å². The second-order valence-electron chi connectivity index (χ2n) is 6.26. The summed E-state index contributed by atoms with van der Waals surface area (Å²) < 4.78 is 10.7. The van der Waals surface area contributed by atoms with Gasteiger partial charge in [-0.25, -0.2) is 0 Å². The average Bonchev–Trinajstić information content (AvgIpc) is 2.80. The van der Waals surface area contributed by atoms with E-state index in [1.165, 1.54) is 51.4 Å². The van der Waals surface area contributed by atoms with E-state index in [0.717, 1.165) is 12.8 Å². The summed E-state index contributed by atoms with van der Waals surface area (Å²) in [4.78, 5) is 0. The minimum atomic E-state index is -1.07. The average molecular weight is 318 g/mol. The van der Waals surface area contributed by atoms with Gasteiger partial charge in [-0.3, -0.25) is 0 Å². The minimum Gasteiger partial charge on any atom is -0.394 e. The highest BCUT2D eigenvalue weighted by atomic mass is 16.7. The molecule has 0 aromatic heterocycles. The molecule has 5 nitrogen and oxygen atoms in total. The molecule has 4 atom stereocenters. The number of unbranched alkanes of at least 4 members (excludes halogenated alkanes) is 9. The lowest BCUT2D eigenvalue weighted by atomic mass is 10.1. The zero-order valence-electron chi connectivity index (χ0n) is 14.0. The predicted octanol–water partition coefficient (Wildman–Crippen LogP) is 2.36. The lowest BCUT2D eigenvalue weighted by molar-refractivity contribution is -0.169. The van der Waals surface area contributed by atoms with Crippen molar-refractivity contribution in [3.05, 3.63) is 0 Å². The lowest BCUT2D eigenvalue weighted by Gasteiger charge is -2.15. The quantitative estimate of drug-likeness (QED) is 0.454. The van der Waals surface area contributed by atoms with Crippen LogP contribution in [-0.2, 0) is 9.47 Å². The van der Waals surface area contributed by atoms with Gasteiger partial charge in [0.15, 0.2) is 6.29 Å². The Labute approximate surface area is 134 Å². The molecule has 0 radical (unpaired) electrons. The number of aliphatic hydroxyl groups is 3. The second kappa shape index (κ2) is 12.3. The van der Waals surface area contributed by atoms with Crippen molar-refractivity contribution in [3.63, 3.8) is 0 Å². The minimum absolute atomic E-state index is 0.309. The molecular weight excluding hydrogens is 284 g/mol. The summed E-state index contributed by atoms with van der Waals surface area (Å²) in [5.74, 6) is 0. The van der Waals surface area contributed by atoms with Crippen molar-refractivity contribution in [1.29, 1.82) is 0 Å². The first-order valence-electron chi connectivity index (χ1n) is 8.94. The molecule has 1 heterocycles. The van der Waals surface area contributed by atoms with Crippen LogP contribution in [0.3, 0.4) is 0 Å². The Balaban J connectivity index is 1.89. The van der Waals surface area contributed by atoms with Crippen molar-refractivity contribution >= 4 is 0 Å². The number of hydrogen-bond donors (Lipinski definition) is 3. The molecule has 0 saturated carbocycles. The van der Waals surface area contributed by atoms with Crippen molar-refractivity contribution < 1.29 is 24.8 Å². The number of rotatable bonds is 13. The summed E-state index contributed by atoms with van der Waals surface area (Å²) in [6.07, 6.45) is 8.91. The highest BCUT2D eigenvalue weighted by molar-refractivity contribution is 4.86. The van der Waals surface area contributed by atoms with Crippen molar-refractivity contribution in [2.24, 2.45) is 0 Å². The van der Waals surface area contributed by atoms with Gasteiger partial charge in [0.2, 0.25) is 0 Å². The van der Waals surface area contributed by atoms with Gasteiger partial charge >= 0.3 is 0 Å². The maximum absolute atomic E-state index is 9.71. The van der Waals surface area contributed by atoms with Crippen molar-refractivity contribution in [2.75, 3.05) is 13.2 Å². The van der Waals surface area contributed by atoms with Gasteiger partial charge in [0.25, 0.3) is 0 Å². The van der Waals surface area contributed by atoms with E-state index in [2.05, 4.69) is 6.92 Å². The van der Waals surface area contributed by atoms with Gasteiger partial charge in [-0.05, 0) is 6.42 Å². The molecule has 0 aromatic rings. The first-order chi connectivity index (χ1) is 10.7. The van der Waals surface area contributed by atoms with Crippen LogP contribution in [0.15, 0.2) is 0 Å². The first kappa shape index (κ1) is 19.8. The van der Waals surface area contributed by atoms with E-state index in [1.54, 1.807) is 0 Å². The second-order valence-corrected chi connectivity index (χ2v) is 6.26. The molecule has 0 amide bonds. The van der Waals surface area contributed by atoms with Crippen molar-refractivity contribution in [3.8, 4) is 0 Å². The van der Waals surface area contributed by atoms with Gasteiger partial charge in [0.1, 0.15) is 18.3 Å². The molecule has 1 saturated heterocycles. The molecule has 22 heavy (non-hydrogen) atoms. The smallest absolute Gasteiger partial charge is 0.186 e. The summed E-state index contributed by atoms with van der Waals surface area (Å²) in [6.45, 7) is 2.45. The Bertz CT molecular complexity index is 261. The molecule has 0 aromatic carbocycles. The SMILES string of the molecule is CCCCCCCCCCCCOC1O[C@H](CO)[C@H](O)[C@H]1O. The number of hydrogen-bond acceptors (Lipinski definition) is 5. The maximum atomic E-state index is 9.71. The van der Waals surface area contributed by atoms with Crippen LogP contribution in [-0.4, -0.2) is 53.1 Å². The molecule has 0 bridgehead atoms. The van der Waals surface area contributed by atoms with Crippen LogP contribution in [0.4, 0.5) is 0 Å². The molecule has 3 N–H and O–H groups in total. The topological polar surface area (TPSA) is 79.2 Å². The fourth-order valence-corrected chi connectivity index (χ4v) is 2.79. The fourth-order valence-electron chi connectivity index (χ4n) is 2.79. The van der Waals surface area contributed by atoms with E-state index in [0.29, 0.717) is 6.61 Å². The Hall–Kier alpha value is -0.200. The summed E-state index contributed by atoms with van der Waals surface area (Å²) >= 11 is 0. The molecule has 132 valence electrons. The van der Waals surface area contributed by atoms with E-state index in [1.807, 2.05) is 0 Å². The predicted molar refractivity (Wildman–Crippen MR) is 85.6 cm³/mol. The molecular formula is C17H34O5. The zero-order chi connectivity index (χ0) is 16.2. The Kier molecular flexibility index (Phi) is 11.1. The monoisotopic (exact) mass is 318 g/mol. The highest BCUT2D eigenvalue weighted by Gasteiger charge is 2.42. The normalized spacial score (nSPS) is 28.4. The van der Waals surface area contributed by atoms with Crippen LogP contribution in [0, 0.1) is 0 Å². The van der Waals surface area contributed by atoms with E-state index < -0.39 is 24.6 Å². The van der Waals surface area contributed by atoms with Gasteiger partial charge in [-0.2, -0.15) is 0 Å². The molecule has 0 aliphatic carbocycles. The van der Waals surface area contributed by atoms with Gasteiger partial charge in [0, 0.05) is 6.61 Å². The standard InChI is InChI=1S/C17H34O5/c1-2-3-4-5-6-7-8-9-10-11-12-21-17-16(20)15(19)14(13-18)22-17/h14-20H,2-13H2,1H3/t14-,15+,16-,17?/m1/s1. The van der Waals surface area contributed by atoms with Crippen molar-refractivity contribution in [1.82, 2.24) is 0 Å². The Morgan fingerprint density at radius 1 is 0.818 bits per heavy atom. The van der Waals surface area contributed by atoms with Gasteiger partial charge in [0.05, 0.1) is 6.61 Å². The van der Waals surface area contributed by atoms with E-state index in [9.17, 15) is 10.2 Å².